The molecule has 1 aliphatic heterocycles. The molecule has 1 aromatic carbocycles. The van der Waals surface area contributed by atoms with Crippen LogP contribution in [0.5, 0.6) is 0 Å². The predicted octanol–water partition coefficient (Wildman–Crippen LogP) is 1.51. The monoisotopic (exact) mass is 478 g/mol. The number of hydrogen-bond acceptors (Lipinski definition) is 9. The minimum Gasteiger partial charge on any atom is -0.473 e. The molecule has 0 unspecified atom stereocenters. The number of nitrogens with one attached hydrogen (secondary N) is 1. The molecule has 1 aliphatic rings. The number of carboxylic acids is 2. The van der Waals surface area contributed by atoms with Crippen LogP contribution in [-0.2, 0) is 14.4 Å². The van der Waals surface area contributed by atoms with Gasteiger partial charge in [-0.3, -0.25) is 14.7 Å². The number of benzene rings is 1. The zero-order chi connectivity index (χ0) is 24.0. The van der Waals surface area contributed by atoms with Crippen LogP contribution in [-0.4, -0.2) is 72.7 Å². The number of likely N-dealkylation sites (tertiary alicyclic amines) is 1. The number of nitrogens with zero attached hydrogens (tertiary/aromatic N) is 5. The van der Waals surface area contributed by atoms with Crippen LogP contribution in [0.4, 0.5) is 10.1 Å². The fourth-order valence-electron chi connectivity index (χ4n) is 2.75. The molecule has 3 heterocycles. The fourth-order valence-corrected chi connectivity index (χ4v) is 2.93. The van der Waals surface area contributed by atoms with Crippen molar-refractivity contribution in [2.75, 3.05) is 25.0 Å². The summed E-state index contributed by atoms with van der Waals surface area (Å²) in [5, 5.41) is 21.4. The van der Waals surface area contributed by atoms with E-state index >= 15 is 0 Å². The summed E-state index contributed by atoms with van der Waals surface area (Å²) in [5.41, 5.74) is 0.995. The van der Waals surface area contributed by atoms with Crippen LogP contribution in [0.2, 0.25) is 5.02 Å². The number of aliphatic carboxylic acids is 2. The summed E-state index contributed by atoms with van der Waals surface area (Å²) in [4.78, 5) is 44.7. The number of carboxylic acid groups (broad SMARTS) is 2. The highest BCUT2D eigenvalue weighted by molar-refractivity contribution is 6.31. The average Bonchev–Trinajstić information content (AvgIpc) is 3.24. The van der Waals surface area contributed by atoms with E-state index in [0.717, 1.165) is 0 Å². The Morgan fingerprint density at radius 1 is 1.21 bits per heavy atom. The smallest absolute Gasteiger partial charge is 0.414 e. The molecule has 172 valence electrons. The largest absolute Gasteiger partial charge is 0.473 e. The van der Waals surface area contributed by atoms with Crippen LogP contribution in [0, 0.1) is 5.82 Å². The molecule has 1 amide bonds. The lowest BCUT2D eigenvalue weighted by Gasteiger charge is -2.36. The molecule has 0 saturated carbocycles. The van der Waals surface area contributed by atoms with Gasteiger partial charge in [-0.25, -0.2) is 19.0 Å². The third kappa shape index (κ3) is 6.51. The van der Waals surface area contributed by atoms with Crippen LogP contribution in [0.3, 0.4) is 0 Å². The maximum Gasteiger partial charge on any atom is 0.414 e. The maximum absolute atomic E-state index is 13.1. The van der Waals surface area contributed by atoms with Crippen LogP contribution in [0.1, 0.15) is 11.8 Å². The van der Waals surface area contributed by atoms with Crippen molar-refractivity contribution in [3.8, 4) is 11.5 Å². The molecule has 3 aromatic rings. The first-order chi connectivity index (χ1) is 15.7. The first kappa shape index (κ1) is 23.7. The molecule has 33 heavy (non-hydrogen) atoms. The number of aromatic nitrogens is 4. The van der Waals surface area contributed by atoms with E-state index in [-0.39, 0.29) is 23.4 Å². The second-order valence-electron chi connectivity index (χ2n) is 6.73. The minimum absolute atomic E-state index is 0.0351. The highest BCUT2D eigenvalue weighted by Crippen LogP contribution is 2.27. The van der Waals surface area contributed by atoms with Crippen molar-refractivity contribution < 1.29 is 33.5 Å². The molecule has 14 heteroatoms. The molecular formula is C19H16ClFN6O6. The Bertz CT molecular complexity index is 1140. The fraction of sp³-hybridized carbons (Fsp3) is 0.211. The molecular weight excluding hydrogens is 463 g/mol. The van der Waals surface area contributed by atoms with Gasteiger partial charge in [0.2, 0.25) is 17.6 Å². The third-order valence-electron chi connectivity index (χ3n) is 4.29. The Morgan fingerprint density at radius 2 is 1.94 bits per heavy atom. The molecule has 0 aliphatic carbocycles. The maximum atomic E-state index is 13.1. The number of hydrogen-bond donors (Lipinski definition) is 3. The van der Waals surface area contributed by atoms with E-state index in [4.69, 9.17) is 35.9 Å². The lowest BCUT2D eigenvalue weighted by Crippen LogP contribution is -2.48. The van der Waals surface area contributed by atoms with Crippen molar-refractivity contribution in [2.24, 2.45) is 0 Å². The Hall–Kier alpha value is -3.97. The summed E-state index contributed by atoms with van der Waals surface area (Å²) < 4.78 is 18.4. The topological polar surface area (TPSA) is 172 Å². The molecule has 0 bridgehead atoms. The summed E-state index contributed by atoms with van der Waals surface area (Å²) in [5.74, 6) is -3.41. The summed E-state index contributed by atoms with van der Waals surface area (Å²) in [6.45, 7) is 1.45. The van der Waals surface area contributed by atoms with Crippen molar-refractivity contribution in [3.05, 3.63) is 53.5 Å². The van der Waals surface area contributed by atoms with Gasteiger partial charge in [-0.1, -0.05) is 16.8 Å². The van der Waals surface area contributed by atoms with Gasteiger partial charge in [0, 0.05) is 31.2 Å². The molecule has 3 N–H and O–H groups in total. The number of carbonyl (C=O) groups is 3. The molecule has 0 radical (unpaired) electrons. The van der Waals surface area contributed by atoms with Crippen molar-refractivity contribution in [3.63, 3.8) is 0 Å². The van der Waals surface area contributed by atoms with Crippen molar-refractivity contribution in [2.45, 2.75) is 5.92 Å². The molecule has 0 spiro atoms. The Morgan fingerprint density at radius 3 is 2.55 bits per heavy atom. The van der Waals surface area contributed by atoms with E-state index in [1.807, 2.05) is 4.90 Å². The number of carbonyl (C=O) groups excluding carboxylic acids is 1. The normalized spacial score (nSPS) is 13.4. The van der Waals surface area contributed by atoms with Gasteiger partial charge in [-0.05, 0) is 18.2 Å². The van der Waals surface area contributed by atoms with Crippen molar-refractivity contribution in [1.29, 1.82) is 0 Å². The molecule has 4 rings (SSSR count). The van der Waals surface area contributed by atoms with Crippen LogP contribution in [0.15, 0.2) is 41.3 Å². The van der Waals surface area contributed by atoms with Gasteiger partial charge >= 0.3 is 11.9 Å². The van der Waals surface area contributed by atoms with Crippen molar-refractivity contribution in [1.82, 2.24) is 25.0 Å². The number of amides is 1. The highest BCUT2D eigenvalue weighted by atomic mass is 35.5. The summed E-state index contributed by atoms with van der Waals surface area (Å²) >= 11 is 5.71. The van der Waals surface area contributed by atoms with Gasteiger partial charge in [0.05, 0.1) is 23.7 Å². The van der Waals surface area contributed by atoms with E-state index in [0.29, 0.717) is 36.2 Å². The minimum atomic E-state index is -1.82. The third-order valence-corrected chi connectivity index (χ3v) is 4.58. The zero-order valence-corrected chi connectivity index (χ0v) is 17.4. The molecule has 1 saturated heterocycles. The van der Waals surface area contributed by atoms with E-state index in [1.165, 1.54) is 18.2 Å². The van der Waals surface area contributed by atoms with Gasteiger partial charge in [-0.15, -0.1) is 0 Å². The first-order valence-corrected chi connectivity index (χ1v) is 9.64. The number of halogens is 2. The van der Waals surface area contributed by atoms with Crippen LogP contribution in [0.25, 0.3) is 11.5 Å². The summed E-state index contributed by atoms with van der Waals surface area (Å²) in [6.07, 6.45) is 4.69. The quantitative estimate of drug-likeness (QED) is 0.454. The van der Waals surface area contributed by atoms with Crippen LogP contribution < -0.4 is 5.32 Å². The van der Waals surface area contributed by atoms with Crippen LogP contribution >= 0.6 is 11.6 Å². The summed E-state index contributed by atoms with van der Waals surface area (Å²) in [6, 6.07) is 4.05. The lowest BCUT2D eigenvalue weighted by atomic mass is 10.0. The Kier molecular flexibility index (Phi) is 7.58. The van der Waals surface area contributed by atoms with Crippen molar-refractivity contribution >= 4 is 35.1 Å². The lowest BCUT2D eigenvalue weighted by molar-refractivity contribution is -0.159. The molecule has 2 aromatic heterocycles. The van der Waals surface area contributed by atoms with E-state index in [1.54, 1.807) is 18.6 Å². The highest BCUT2D eigenvalue weighted by Gasteiger charge is 2.33. The second-order valence-corrected chi connectivity index (χ2v) is 7.13. The SMILES string of the molecule is O=C(CN1CC(c2nc(-c3cnccn3)no2)C1)Nc1ccc(F)c(Cl)c1.O=C(O)C(=O)O. The number of rotatable bonds is 5. The second kappa shape index (κ2) is 10.6. The molecule has 12 nitrogen and oxygen atoms in total. The zero-order valence-electron chi connectivity index (χ0n) is 16.7. The van der Waals surface area contributed by atoms with Gasteiger partial charge < -0.3 is 20.1 Å². The summed E-state index contributed by atoms with van der Waals surface area (Å²) in [7, 11) is 0. The first-order valence-electron chi connectivity index (χ1n) is 9.26. The van der Waals surface area contributed by atoms with E-state index in [9.17, 15) is 9.18 Å². The molecule has 1 fully saturated rings. The van der Waals surface area contributed by atoms with E-state index in [2.05, 4.69) is 25.4 Å². The Balaban J connectivity index is 0.000000454. The number of anilines is 1. The van der Waals surface area contributed by atoms with E-state index < -0.39 is 17.8 Å². The standard InChI is InChI=1S/C17H14ClFN6O2.C2H2O4/c18-12-5-11(1-2-13(12)19)22-15(26)9-25-7-10(8-25)17-23-16(24-27-17)14-6-20-3-4-21-14;3-1(4)2(5)6/h1-6,10H,7-9H2,(H,22,26);(H,3,4)(H,5,6). The van der Waals surface area contributed by atoms with Gasteiger partial charge in [0.25, 0.3) is 0 Å². The average molecular weight is 479 g/mol. The van der Waals surface area contributed by atoms with Gasteiger partial charge in [0.15, 0.2) is 0 Å². The predicted molar refractivity (Wildman–Crippen MR) is 110 cm³/mol. The van der Waals surface area contributed by atoms with Gasteiger partial charge in [-0.2, -0.15) is 4.98 Å². The Labute approximate surface area is 190 Å². The molecule has 0 atom stereocenters. The van der Waals surface area contributed by atoms with Gasteiger partial charge in [0.1, 0.15) is 11.5 Å².